The van der Waals surface area contributed by atoms with E-state index in [0.29, 0.717) is 5.75 Å². The molecule has 24 heavy (non-hydrogen) atoms. The zero-order chi connectivity index (χ0) is 17.1. The first-order chi connectivity index (χ1) is 11.6. The van der Waals surface area contributed by atoms with E-state index in [0.717, 1.165) is 41.2 Å². The van der Waals surface area contributed by atoms with E-state index in [4.69, 9.17) is 16.3 Å². The van der Waals surface area contributed by atoms with Gasteiger partial charge in [0.2, 0.25) is 0 Å². The standard InChI is InChI=1S/C19H21ClN2O2/c1-13-10-16(11-14(2)18(13)20)24-12-21-19(23)22-9-5-7-15-6-3-4-8-17(15)22/h3-4,6,8,10-11H,5,7,9,12H2,1-2H3,(H,21,23). The average Bonchev–Trinajstić information content (AvgIpc) is 2.59. The van der Waals surface area contributed by atoms with Gasteiger partial charge in [0.1, 0.15) is 5.75 Å². The van der Waals surface area contributed by atoms with Crippen molar-refractivity contribution in [3.05, 3.63) is 58.1 Å². The lowest BCUT2D eigenvalue weighted by Gasteiger charge is -2.29. The molecule has 1 heterocycles. The highest BCUT2D eigenvalue weighted by Crippen LogP contribution is 2.27. The Morgan fingerprint density at radius 3 is 2.71 bits per heavy atom. The number of urea groups is 1. The quantitative estimate of drug-likeness (QED) is 0.835. The Balaban J connectivity index is 1.61. The monoisotopic (exact) mass is 344 g/mol. The van der Waals surface area contributed by atoms with Crippen molar-refractivity contribution in [2.75, 3.05) is 18.2 Å². The van der Waals surface area contributed by atoms with E-state index >= 15 is 0 Å². The van der Waals surface area contributed by atoms with Gasteiger partial charge < -0.3 is 10.1 Å². The first-order valence-electron chi connectivity index (χ1n) is 8.09. The summed E-state index contributed by atoms with van der Waals surface area (Å²) in [5, 5.41) is 3.57. The van der Waals surface area contributed by atoms with Gasteiger partial charge in [-0.15, -0.1) is 0 Å². The van der Waals surface area contributed by atoms with Crippen molar-refractivity contribution in [3.63, 3.8) is 0 Å². The molecule has 0 atom stereocenters. The minimum atomic E-state index is -0.135. The van der Waals surface area contributed by atoms with Crippen LogP contribution in [0.3, 0.4) is 0 Å². The average molecular weight is 345 g/mol. The maximum atomic E-state index is 12.5. The maximum absolute atomic E-state index is 12.5. The highest BCUT2D eigenvalue weighted by molar-refractivity contribution is 6.32. The van der Waals surface area contributed by atoms with Crippen LogP contribution in [-0.4, -0.2) is 19.3 Å². The fourth-order valence-corrected chi connectivity index (χ4v) is 3.12. The molecule has 1 aliphatic rings. The molecule has 1 aliphatic heterocycles. The summed E-state index contributed by atoms with van der Waals surface area (Å²) >= 11 is 6.15. The minimum Gasteiger partial charge on any atom is -0.473 e. The second-order valence-electron chi connectivity index (χ2n) is 6.03. The summed E-state index contributed by atoms with van der Waals surface area (Å²) in [5.74, 6) is 0.703. The summed E-state index contributed by atoms with van der Waals surface area (Å²) < 4.78 is 5.65. The van der Waals surface area contributed by atoms with Crippen LogP contribution >= 0.6 is 11.6 Å². The number of ether oxygens (including phenoxy) is 1. The number of hydrogen-bond acceptors (Lipinski definition) is 2. The molecule has 4 nitrogen and oxygen atoms in total. The molecule has 2 aromatic carbocycles. The number of rotatable bonds is 3. The van der Waals surface area contributed by atoms with Crippen LogP contribution in [0.4, 0.5) is 10.5 Å². The van der Waals surface area contributed by atoms with Crippen molar-refractivity contribution < 1.29 is 9.53 Å². The van der Waals surface area contributed by atoms with Gasteiger partial charge in [-0.25, -0.2) is 4.79 Å². The summed E-state index contributed by atoms with van der Waals surface area (Å²) in [6.45, 7) is 4.72. The minimum absolute atomic E-state index is 0.123. The second-order valence-corrected chi connectivity index (χ2v) is 6.40. The smallest absolute Gasteiger partial charge is 0.324 e. The van der Waals surface area contributed by atoms with Crippen LogP contribution in [-0.2, 0) is 6.42 Å². The fourth-order valence-electron chi connectivity index (χ4n) is 3.01. The van der Waals surface area contributed by atoms with E-state index in [-0.39, 0.29) is 12.8 Å². The lowest BCUT2D eigenvalue weighted by Crippen LogP contribution is -2.44. The molecule has 2 amide bonds. The van der Waals surface area contributed by atoms with E-state index in [1.807, 2.05) is 44.2 Å². The number of anilines is 1. The van der Waals surface area contributed by atoms with Crippen molar-refractivity contribution in [3.8, 4) is 5.75 Å². The van der Waals surface area contributed by atoms with Crippen LogP contribution in [0.15, 0.2) is 36.4 Å². The summed E-state index contributed by atoms with van der Waals surface area (Å²) in [7, 11) is 0. The second kappa shape index (κ2) is 7.14. The van der Waals surface area contributed by atoms with Gasteiger partial charge in [-0.2, -0.15) is 0 Å². The first kappa shape index (κ1) is 16.7. The number of carbonyl (C=O) groups excluding carboxylic acids is 1. The van der Waals surface area contributed by atoms with Gasteiger partial charge in [0.15, 0.2) is 6.73 Å². The summed E-state index contributed by atoms with van der Waals surface area (Å²) in [4.78, 5) is 14.2. The number of amides is 2. The van der Waals surface area contributed by atoms with Crippen molar-refractivity contribution in [1.82, 2.24) is 5.32 Å². The molecule has 0 unspecified atom stereocenters. The zero-order valence-electron chi connectivity index (χ0n) is 13.9. The number of fused-ring (bicyclic) bond motifs is 1. The molecule has 0 radical (unpaired) electrons. The van der Waals surface area contributed by atoms with Gasteiger partial charge in [-0.05, 0) is 61.6 Å². The van der Waals surface area contributed by atoms with Gasteiger partial charge in [0, 0.05) is 17.3 Å². The molecule has 0 aromatic heterocycles. The third-order valence-electron chi connectivity index (χ3n) is 4.23. The molecule has 2 aromatic rings. The molecule has 0 aliphatic carbocycles. The summed E-state index contributed by atoms with van der Waals surface area (Å²) in [5.41, 5.74) is 4.12. The largest absolute Gasteiger partial charge is 0.473 e. The van der Waals surface area contributed by atoms with E-state index in [1.54, 1.807) is 4.90 Å². The van der Waals surface area contributed by atoms with Crippen molar-refractivity contribution in [2.45, 2.75) is 26.7 Å². The van der Waals surface area contributed by atoms with Crippen molar-refractivity contribution in [1.29, 1.82) is 0 Å². The van der Waals surface area contributed by atoms with Crippen LogP contribution in [0, 0.1) is 13.8 Å². The molecule has 5 heteroatoms. The number of carbonyl (C=O) groups is 1. The van der Waals surface area contributed by atoms with Crippen LogP contribution in [0.2, 0.25) is 5.02 Å². The number of aryl methyl sites for hydroxylation is 3. The van der Waals surface area contributed by atoms with E-state index < -0.39 is 0 Å². The van der Waals surface area contributed by atoms with E-state index in [9.17, 15) is 4.79 Å². The summed E-state index contributed by atoms with van der Waals surface area (Å²) in [6, 6.07) is 11.6. The Labute approximate surface area is 147 Å². The lowest BCUT2D eigenvalue weighted by molar-refractivity contribution is 0.228. The number of benzene rings is 2. The molecular weight excluding hydrogens is 324 g/mol. The number of halogens is 1. The highest BCUT2D eigenvalue weighted by Gasteiger charge is 2.21. The Bertz CT molecular complexity index is 738. The Morgan fingerprint density at radius 1 is 1.25 bits per heavy atom. The molecule has 0 saturated heterocycles. The van der Waals surface area contributed by atoms with Crippen LogP contribution < -0.4 is 15.0 Å². The van der Waals surface area contributed by atoms with Crippen molar-refractivity contribution in [2.24, 2.45) is 0 Å². The Kier molecular flexibility index (Phi) is 4.95. The fraction of sp³-hybridized carbons (Fsp3) is 0.316. The number of nitrogens with zero attached hydrogens (tertiary/aromatic N) is 1. The normalized spacial score (nSPS) is 13.4. The molecule has 0 fully saturated rings. The number of nitrogens with one attached hydrogen (secondary N) is 1. The zero-order valence-corrected chi connectivity index (χ0v) is 14.7. The lowest BCUT2D eigenvalue weighted by atomic mass is 10.0. The molecule has 1 N–H and O–H groups in total. The maximum Gasteiger partial charge on any atom is 0.324 e. The molecule has 3 rings (SSSR count). The SMILES string of the molecule is Cc1cc(OCNC(=O)N2CCCc3ccccc32)cc(C)c1Cl. The van der Waals surface area contributed by atoms with Crippen LogP contribution in [0.25, 0.3) is 0 Å². The van der Waals surface area contributed by atoms with E-state index in [1.165, 1.54) is 5.56 Å². The van der Waals surface area contributed by atoms with Crippen molar-refractivity contribution >= 4 is 23.3 Å². The number of para-hydroxylation sites is 1. The predicted octanol–water partition coefficient (Wildman–Crippen LogP) is 4.46. The van der Waals surface area contributed by atoms with Gasteiger partial charge in [-0.3, -0.25) is 4.90 Å². The first-order valence-corrected chi connectivity index (χ1v) is 8.47. The molecular formula is C19H21ClN2O2. The topological polar surface area (TPSA) is 41.6 Å². The molecule has 0 bridgehead atoms. The summed E-state index contributed by atoms with van der Waals surface area (Å²) in [6.07, 6.45) is 1.99. The number of hydrogen-bond donors (Lipinski definition) is 1. The highest BCUT2D eigenvalue weighted by atomic mass is 35.5. The predicted molar refractivity (Wildman–Crippen MR) is 97.1 cm³/mol. The molecule has 0 spiro atoms. The third kappa shape index (κ3) is 3.49. The van der Waals surface area contributed by atoms with E-state index in [2.05, 4.69) is 11.4 Å². The van der Waals surface area contributed by atoms with Gasteiger partial charge >= 0.3 is 6.03 Å². The van der Waals surface area contributed by atoms with Crippen LogP contribution in [0.5, 0.6) is 5.75 Å². The van der Waals surface area contributed by atoms with Crippen LogP contribution in [0.1, 0.15) is 23.1 Å². The van der Waals surface area contributed by atoms with Gasteiger partial charge in [0.25, 0.3) is 0 Å². The van der Waals surface area contributed by atoms with Gasteiger partial charge in [0.05, 0.1) is 0 Å². The molecule has 126 valence electrons. The third-order valence-corrected chi connectivity index (χ3v) is 4.82. The molecule has 0 saturated carbocycles. The Hall–Kier alpha value is -2.20. The van der Waals surface area contributed by atoms with Gasteiger partial charge in [-0.1, -0.05) is 29.8 Å². The Morgan fingerprint density at radius 2 is 1.96 bits per heavy atom.